The van der Waals surface area contributed by atoms with Gasteiger partial charge in [0.05, 0.1) is 29.7 Å². The Kier molecular flexibility index (Phi) is 14.2. The lowest BCUT2D eigenvalue weighted by Gasteiger charge is -2.21. The highest BCUT2D eigenvalue weighted by atomic mass is 19.1. The first-order chi connectivity index (χ1) is 29.7. The summed E-state index contributed by atoms with van der Waals surface area (Å²) in [6.45, 7) is 7.50. The van der Waals surface area contributed by atoms with Gasteiger partial charge in [0.25, 0.3) is 11.8 Å². The van der Waals surface area contributed by atoms with Gasteiger partial charge in [-0.15, -0.1) is 0 Å². The molecule has 6 aromatic rings. The predicted octanol–water partition coefficient (Wildman–Crippen LogP) is 10.5. The van der Waals surface area contributed by atoms with Crippen LogP contribution in [-0.2, 0) is 29.3 Å². The second kappa shape index (κ2) is 20.1. The lowest BCUT2D eigenvalue weighted by atomic mass is 10.1. The molecule has 62 heavy (non-hydrogen) atoms. The van der Waals surface area contributed by atoms with Crippen LogP contribution in [0, 0.1) is 12.7 Å². The normalized spacial score (nSPS) is 10.9. The lowest BCUT2D eigenvalue weighted by Crippen LogP contribution is -2.27. The molecule has 6 rings (SSSR count). The molecule has 0 spiro atoms. The highest BCUT2D eigenvalue weighted by Gasteiger charge is 2.21. The summed E-state index contributed by atoms with van der Waals surface area (Å²) in [5, 5.41) is 8.42. The third kappa shape index (κ3) is 12.4. The number of ether oxygens (including phenoxy) is 5. The average Bonchev–Trinajstić information content (AvgIpc) is 3.25. The van der Waals surface area contributed by atoms with Crippen LogP contribution in [0.1, 0.15) is 74.1 Å². The van der Waals surface area contributed by atoms with Crippen LogP contribution in [0.15, 0.2) is 133 Å². The second-order valence-electron chi connectivity index (χ2n) is 15.1. The molecule has 0 aromatic heterocycles. The summed E-state index contributed by atoms with van der Waals surface area (Å²) >= 11 is 0. The van der Waals surface area contributed by atoms with Crippen LogP contribution in [0.2, 0.25) is 0 Å². The van der Waals surface area contributed by atoms with Crippen molar-refractivity contribution < 1.29 is 47.3 Å². The minimum Gasteiger partial charge on any atom is -0.487 e. The van der Waals surface area contributed by atoms with Crippen LogP contribution >= 0.6 is 0 Å². The lowest BCUT2D eigenvalue weighted by molar-refractivity contribution is 0.0597. The van der Waals surface area contributed by atoms with Crippen molar-refractivity contribution >= 4 is 40.9 Å². The Morgan fingerprint density at radius 2 is 0.952 bits per heavy atom. The van der Waals surface area contributed by atoms with E-state index < -0.39 is 35.3 Å². The smallest absolute Gasteiger partial charge is 0.412 e. The van der Waals surface area contributed by atoms with Crippen molar-refractivity contribution in [3.05, 3.63) is 178 Å². The van der Waals surface area contributed by atoms with Crippen molar-refractivity contribution in [1.82, 2.24) is 0 Å². The van der Waals surface area contributed by atoms with E-state index in [2.05, 4.69) is 16.0 Å². The molecule has 0 unspecified atom stereocenters. The Labute approximate surface area is 358 Å². The molecular weight excluding hydrogens is 794 g/mol. The summed E-state index contributed by atoms with van der Waals surface area (Å²) in [6.07, 6.45) is -0.699. The molecule has 6 aromatic carbocycles. The standard InChI is InChI=1S/C49H46FN3O9/c1-31-11-13-33(14-12-31)29-61-44-27-37(47(56)58-5)19-24-40(44)52-45(54)35-17-22-39(42(25-35)60-30-34-15-20-38(50)21-16-34)51-46(55)36-18-23-41(53-48(57)62-49(2,3)4)43(26-36)59-28-32-9-7-6-8-10-32/h6-27H,28-30H2,1-5H3,(H,51,55)(H,52,54)(H,53,57). The molecule has 3 N–H and O–H groups in total. The van der Waals surface area contributed by atoms with Gasteiger partial charge in [0.15, 0.2) is 0 Å². The summed E-state index contributed by atoms with van der Waals surface area (Å²) < 4.78 is 42.4. The molecule has 0 aliphatic heterocycles. The largest absolute Gasteiger partial charge is 0.487 e. The van der Waals surface area contributed by atoms with E-state index in [9.17, 15) is 23.6 Å². The van der Waals surface area contributed by atoms with Gasteiger partial charge in [0, 0.05) is 11.1 Å². The molecule has 0 atom stereocenters. The third-order valence-electron chi connectivity index (χ3n) is 9.08. The number of hydrogen-bond donors (Lipinski definition) is 3. The number of halogens is 1. The fraction of sp³-hybridized carbons (Fsp3) is 0.184. The van der Waals surface area contributed by atoms with E-state index in [0.717, 1.165) is 16.7 Å². The van der Waals surface area contributed by atoms with E-state index in [1.54, 1.807) is 39.0 Å². The number of esters is 1. The van der Waals surface area contributed by atoms with Gasteiger partial charge in [-0.25, -0.2) is 14.0 Å². The van der Waals surface area contributed by atoms with Crippen molar-refractivity contribution in [2.45, 2.75) is 53.1 Å². The van der Waals surface area contributed by atoms with E-state index in [-0.39, 0.29) is 70.8 Å². The fourth-order valence-corrected chi connectivity index (χ4v) is 5.89. The highest BCUT2D eigenvalue weighted by Crippen LogP contribution is 2.33. The molecule has 318 valence electrons. The maximum absolute atomic E-state index is 13.9. The number of hydrogen-bond acceptors (Lipinski definition) is 9. The Bertz CT molecular complexity index is 2540. The first kappa shape index (κ1) is 43.9. The van der Waals surface area contributed by atoms with E-state index in [0.29, 0.717) is 5.56 Å². The van der Waals surface area contributed by atoms with Gasteiger partial charge in [0.2, 0.25) is 0 Å². The average molecular weight is 840 g/mol. The SMILES string of the molecule is COC(=O)c1ccc(NC(=O)c2ccc(NC(=O)c3ccc(NC(=O)OC(C)(C)C)c(OCc4ccccc4)c3)c(OCc3ccc(F)cc3)c2)c(OCc2ccc(C)cc2)c1. The topological polar surface area (TPSA) is 151 Å². The van der Waals surface area contributed by atoms with Gasteiger partial charge in [-0.1, -0.05) is 72.3 Å². The maximum atomic E-state index is 13.9. The zero-order chi connectivity index (χ0) is 44.2. The Morgan fingerprint density at radius 3 is 1.42 bits per heavy atom. The minimum absolute atomic E-state index is 0.0251. The van der Waals surface area contributed by atoms with Gasteiger partial charge in [0.1, 0.15) is 48.5 Å². The van der Waals surface area contributed by atoms with Gasteiger partial charge >= 0.3 is 12.1 Å². The van der Waals surface area contributed by atoms with Crippen LogP contribution in [-0.4, -0.2) is 36.6 Å². The van der Waals surface area contributed by atoms with Crippen LogP contribution < -0.4 is 30.2 Å². The van der Waals surface area contributed by atoms with Crippen molar-refractivity contribution in [3.63, 3.8) is 0 Å². The van der Waals surface area contributed by atoms with Crippen molar-refractivity contribution in [2.75, 3.05) is 23.1 Å². The van der Waals surface area contributed by atoms with Crippen LogP contribution in [0.5, 0.6) is 17.2 Å². The highest BCUT2D eigenvalue weighted by molar-refractivity contribution is 6.08. The molecule has 0 heterocycles. The number of aryl methyl sites for hydroxylation is 1. The molecule has 0 saturated carbocycles. The molecule has 0 aliphatic carbocycles. The number of methoxy groups -OCH3 is 1. The second-order valence-corrected chi connectivity index (χ2v) is 15.1. The number of nitrogens with one attached hydrogen (secondary N) is 3. The first-order valence-electron chi connectivity index (χ1n) is 19.6. The molecule has 12 nitrogen and oxygen atoms in total. The van der Waals surface area contributed by atoms with Gasteiger partial charge in [-0.2, -0.15) is 0 Å². The number of anilines is 3. The molecule has 0 bridgehead atoms. The van der Waals surface area contributed by atoms with Gasteiger partial charge in [-0.3, -0.25) is 14.9 Å². The van der Waals surface area contributed by atoms with Crippen LogP contribution in [0.25, 0.3) is 0 Å². The molecule has 0 radical (unpaired) electrons. The quantitative estimate of drug-likeness (QED) is 0.0859. The third-order valence-corrected chi connectivity index (χ3v) is 9.08. The molecule has 0 saturated heterocycles. The van der Waals surface area contributed by atoms with Crippen LogP contribution in [0.4, 0.5) is 26.2 Å². The number of carbonyl (C=O) groups excluding carboxylic acids is 4. The minimum atomic E-state index is -0.752. The van der Waals surface area contributed by atoms with E-state index in [1.165, 1.54) is 67.8 Å². The monoisotopic (exact) mass is 839 g/mol. The Morgan fingerprint density at radius 1 is 0.532 bits per heavy atom. The van der Waals surface area contributed by atoms with E-state index in [4.69, 9.17) is 23.7 Å². The molecule has 13 heteroatoms. The first-order valence-corrected chi connectivity index (χ1v) is 19.6. The molecule has 3 amide bonds. The van der Waals surface area contributed by atoms with Gasteiger partial charge in [-0.05, 0) is 111 Å². The summed E-state index contributed by atoms with van der Waals surface area (Å²) in [7, 11) is 1.27. The zero-order valence-electron chi connectivity index (χ0n) is 34.9. The maximum Gasteiger partial charge on any atom is 0.412 e. The fourth-order valence-electron chi connectivity index (χ4n) is 5.89. The Hall–Kier alpha value is -7.67. The van der Waals surface area contributed by atoms with Crippen molar-refractivity contribution in [2.24, 2.45) is 0 Å². The summed E-state index contributed by atoms with van der Waals surface area (Å²) in [6, 6.07) is 36.4. The molecule has 0 fully saturated rings. The predicted molar refractivity (Wildman–Crippen MR) is 233 cm³/mol. The summed E-state index contributed by atoms with van der Waals surface area (Å²) in [5.74, 6) is -1.51. The number of carbonyl (C=O) groups is 4. The number of rotatable bonds is 15. The zero-order valence-corrected chi connectivity index (χ0v) is 34.9. The summed E-state index contributed by atoms with van der Waals surface area (Å²) in [5.41, 5.74) is 4.07. The molecule has 0 aliphatic rings. The van der Waals surface area contributed by atoms with E-state index >= 15 is 0 Å². The van der Waals surface area contributed by atoms with Gasteiger partial charge < -0.3 is 34.3 Å². The Balaban J connectivity index is 1.26. The summed E-state index contributed by atoms with van der Waals surface area (Å²) in [4.78, 5) is 52.9. The van der Waals surface area contributed by atoms with E-state index in [1.807, 2.05) is 61.5 Å². The van der Waals surface area contributed by atoms with Crippen molar-refractivity contribution in [3.8, 4) is 17.2 Å². The van der Waals surface area contributed by atoms with Crippen LogP contribution in [0.3, 0.4) is 0 Å². The number of amides is 3. The number of benzene rings is 6. The van der Waals surface area contributed by atoms with Crippen molar-refractivity contribution in [1.29, 1.82) is 0 Å². The molecular formula is C49H46FN3O9.